The molecule has 3 aromatic rings. The monoisotopic (exact) mass is 588 g/mol. The third kappa shape index (κ3) is 5.20. The van der Waals surface area contributed by atoms with Crippen molar-refractivity contribution >= 4 is 27.2 Å². The van der Waals surface area contributed by atoms with Crippen LogP contribution in [0.1, 0.15) is 29.0 Å². The number of alkyl halides is 3. The molecule has 1 aliphatic heterocycles. The van der Waals surface area contributed by atoms with Crippen molar-refractivity contribution in [1.29, 1.82) is 0 Å². The molecule has 0 saturated carbocycles. The van der Waals surface area contributed by atoms with Gasteiger partial charge in [-0.15, -0.1) is 0 Å². The third-order valence-corrected chi connectivity index (χ3v) is 9.13. The van der Waals surface area contributed by atoms with Crippen molar-refractivity contribution in [2.45, 2.75) is 23.9 Å². The van der Waals surface area contributed by atoms with Gasteiger partial charge in [0.15, 0.2) is 5.82 Å². The number of rotatable bonds is 5. The van der Waals surface area contributed by atoms with Gasteiger partial charge in [0.2, 0.25) is 15.8 Å². The first-order valence-corrected chi connectivity index (χ1v) is 13.8. The minimum Gasteiger partial charge on any atom is -0.404 e. The Kier molecular flexibility index (Phi) is 7.15. The molecular weight excluding hydrogens is 564 g/mol. The van der Waals surface area contributed by atoms with Gasteiger partial charge in [-0.1, -0.05) is 5.57 Å². The molecule has 0 radical (unpaired) electrons. The lowest BCUT2D eigenvalue weighted by Gasteiger charge is -2.45. The van der Waals surface area contributed by atoms with Crippen LogP contribution < -0.4 is 5.73 Å². The summed E-state index contributed by atoms with van der Waals surface area (Å²) in [4.78, 5) is 22.4. The van der Waals surface area contributed by atoms with Crippen LogP contribution in [0.5, 0.6) is 0 Å². The van der Waals surface area contributed by atoms with E-state index in [0.29, 0.717) is 34.7 Å². The lowest BCUT2D eigenvalue weighted by molar-refractivity contribution is -0.137. The second kappa shape index (κ2) is 10.3. The Morgan fingerprint density at radius 2 is 1.80 bits per heavy atom. The smallest absolute Gasteiger partial charge is 0.404 e. The second-order valence-corrected chi connectivity index (χ2v) is 11.7. The summed E-state index contributed by atoms with van der Waals surface area (Å²) in [5.74, 6) is -0.920. The molecule has 1 aromatic heterocycles. The zero-order valence-corrected chi connectivity index (χ0v) is 22.5. The van der Waals surface area contributed by atoms with Crippen molar-refractivity contribution in [3.8, 4) is 0 Å². The predicted octanol–water partition coefficient (Wildman–Crippen LogP) is 4.18. The first kappa shape index (κ1) is 28.4. The van der Waals surface area contributed by atoms with Gasteiger partial charge in [0.25, 0.3) is 0 Å². The quantitative estimate of drug-likeness (QED) is 0.352. The molecular formula is C27H24F4N6O3S. The van der Waals surface area contributed by atoms with Gasteiger partial charge in [-0.25, -0.2) is 27.5 Å². The maximum atomic E-state index is 14.1. The molecule has 41 heavy (non-hydrogen) atoms. The number of halogens is 4. The van der Waals surface area contributed by atoms with Crippen LogP contribution in [0, 0.1) is 11.2 Å². The lowest BCUT2D eigenvalue weighted by Crippen LogP contribution is -2.53. The van der Waals surface area contributed by atoms with Gasteiger partial charge in [-0.3, -0.25) is 4.79 Å². The van der Waals surface area contributed by atoms with E-state index in [0.717, 1.165) is 16.4 Å². The Labute approximate surface area is 232 Å². The van der Waals surface area contributed by atoms with E-state index in [1.807, 2.05) is 0 Å². The van der Waals surface area contributed by atoms with Crippen LogP contribution in [0.3, 0.4) is 0 Å². The summed E-state index contributed by atoms with van der Waals surface area (Å²) < 4.78 is 82.2. The SMILES string of the molecule is Cn1ncnc1C(=O)[C@]12C/C(=C/N)C(=Nc3ccc(F)cc3)C=C1CCN(S(=O)(=O)c1ccc(C(F)(F)F)cc1)C2. The standard InChI is InChI=1S/C27H24F4N6O3S/c1-36-25(33-16-34-36)24(38)26-13-17(14-32)23(35-21-6-4-20(28)5-7-21)12-19(26)10-11-37(15-26)41(39,40)22-8-2-18(3-9-22)27(29,30)31/h2-9,12,14,16H,10-11,13,15,32H2,1H3/b17-14-,35-23?/t26-/m0/s1. The highest BCUT2D eigenvalue weighted by Gasteiger charge is 2.52. The topological polar surface area (TPSA) is 124 Å². The first-order chi connectivity index (χ1) is 19.3. The number of aliphatic imine (C=N–C) groups is 1. The fourth-order valence-corrected chi connectivity index (χ4v) is 6.61. The van der Waals surface area contributed by atoms with E-state index in [2.05, 4.69) is 15.1 Å². The number of fused-ring (bicyclic) bond motifs is 1. The number of benzene rings is 2. The first-order valence-electron chi connectivity index (χ1n) is 12.4. The fourth-order valence-electron chi connectivity index (χ4n) is 5.11. The summed E-state index contributed by atoms with van der Waals surface area (Å²) in [6, 6.07) is 8.71. The van der Waals surface area contributed by atoms with Crippen molar-refractivity contribution in [2.24, 2.45) is 23.2 Å². The summed E-state index contributed by atoms with van der Waals surface area (Å²) >= 11 is 0. The number of carbonyl (C=O) groups is 1. The average Bonchev–Trinajstić information content (AvgIpc) is 3.38. The van der Waals surface area contributed by atoms with Crippen LogP contribution in [0.2, 0.25) is 0 Å². The molecule has 0 spiro atoms. The van der Waals surface area contributed by atoms with Crippen LogP contribution in [-0.4, -0.2) is 52.1 Å². The summed E-state index contributed by atoms with van der Waals surface area (Å²) in [6.45, 7) is -0.344. The average molecular weight is 589 g/mol. The Bertz CT molecular complexity index is 1690. The number of aryl methyl sites for hydroxylation is 1. The molecule has 0 amide bonds. The minimum atomic E-state index is -4.63. The van der Waals surface area contributed by atoms with Crippen molar-refractivity contribution in [3.05, 3.63) is 95.5 Å². The molecule has 1 aliphatic carbocycles. The predicted molar refractivity (Wildman–Crippen MR) is 141 cm³/mol. The molecule has 0 unspecified atom stereocenters. The van der Waals surface area contributed by atoms with Crippen LogP contribution >= 0.6 is 0 Å². The molecule has 1 fully saturated rings. The van der Waals surface area contributed by atoms with Gasteiger partial charge in [0, 0.05) is 20.1 Å². The van der Waals surface area contributed by atoms with Crippen LogP contribution in [0.25, 0.3) is 0 Å². The molecule has 214 valence electrons. The molecule has 2 aliphatic rings. The molecule has 9 nitrogen and oxygen atoms in total. The number of aromatic nitrogens is 3. The lowest BCUT2D eigenvalue weighted by atomic mass is 9.64. The zero-order chi connectivity index (χ0) is 29.6. The number of piperidine rings is 1. The second-order valence-electron chi connectivity index (χ2n) is 9.74. The highest BCUT2D eigenvalue weighted by atomic mass is 32.2. The molecule has 0 bridgehead atoms. The minimum absolute atomic E-state index is 0.0000251. The van der Waals surface area contributed by atoms with E-state index >= 15 is 0 Å². The van der Waals surface area contributed by atoms with Gasteiger partial charge < -0.3 is 5.73 Å². The number of hydrogen-bond acceptors (Lipinski definition) is 7. The molecule has 2 N–H and O–H groups in total. The summed E-state index contributed by atoms with van der Waals surface area (Å²) in [7, 11) is -2.76. The van der Waals surface area contributed by atoms with Crippen LogP contribution in [0.4, 0.5) is 23.2 Å². The summed E-state index contributed by atoms with van der Waals surface area (Å²) in [6.07, 6.45) is -0.354. The summed E-state index contributed by atoms with van der Waals surface area (Å²) in [5, 5.41) is 3.98. The zero-order valence-electron chi connectivity index (χ0n) is 21.6. The van der Waals surface area contributed by atoms with E-state index in [4.69, 9.17) is 5.73 Å². The number of allylic oxidation sites excluding steroid dienone is 2. The molecule has 5 rings (SSSR count). The normalized spacial score (nSPS) is 22.0. The maximum Gasteiger partial charge on any atom is 0.416 e. The molecule has 1 atom stereocenters. The highest BCUT2D eigenvalue weighted by Crippen LogP contribution is 2.47. The van der Waals surface area contributed by atoms with Crippen molar-refractivity contribution in [1.82, 2.24) is 19.1 Å². The number of carbonyl (C=O) groups excluding carboxylic acids is 1. The molecule has 1 saturated heterocycles. The van der Waals surface area contributed by atoms with Crippen molar-refractivity contribution in [2.75, 3.05) is 13.1 Å². The van der Waals surface area contributed by atoms with Gasteiger partial charge in [0.05, 0.1) is 27.3 Å². The molecule has 2 heterocycles. The maximum absolute atomic E-state index is 14.1. The number of nitrogens with two attached hydrogens (primary N) is 1. The van der Waals surface area contributed by atoms with Crippen molar-refractivity contribution in [3.63, 3.8) is 0 Å². The van der Waals surface area contributed by atoms with E-state index < -0.39 is 38.8 Å². The van der Waals surface area contributed by atoms with Gasteiger partial charge >= 0.3 is 6.18 Å². The summed E-state index contributed by atoms with van der Waals surface area (Å²) in [5.41, 5.74) is 5.47. The van der Waals surface area contributed by atoms with Crippen LogP contribution in [0.15, 0.2) is 88.2 Å². The number of sulfonamides is 1. The fraction of sp³-hybridized carbons (Fsp3) is 0.259. The van der Waals surface area contributed by atoms with Gasteiger partial charge in [0.1, 0.15) is 12.1 Å². The largest absolute Gasteiger partial charge is 0.416 e. The van der Waals surface area contributed by atoms with Gasteiger partial charge in [-0.2, -0.15) is 22.6 Å². The van der Waals surface area contributed by atoms with Gasteiger partial charge in [-0.05, 0) is 79.2 Å². The number of ketones is 1. The number of Topliss-reactive ketones (excluding diaryl/α,β-unsaturated/α-hetero) is 1. The number of nitrogens with zero attached hydrogens (tertiary/aromatic N) is 5. The van der Waals surface area contributed by atoms with E-state index in [9.17, 15) is 30.8 Å². The Hall–Kier alpha value is -4.17. The van der Waals surface area contributed by atoms with E-state index in [1.54, 1.807) is 6.08 Å². The van der Waals surface area contributed by atoms with E-state index in [1.165, 1.54) is 48.5 Å². The van der Waals surface area contributed by atoms with Crippen molar-refractivity contribution < 1.29 is 30.8 Å². The molecule has 2 aromatic carbocycles. The third-order valence-electron chi connectivity index (χ3n) is 7.27. The van der Waals surface area contributed by atoms with E-state index in [-0.39, 0.29) is 36.7 Å². The Morgan fingerprint density at radius 3 is 2.39 bits per heavy atom. The Morgan fingerprint density at radius 1 is 1.12 bits per heavy atom. The number of hydrogen-bond donors (Lipinski definition) is 1. The van der Waals surface area contributed by atoms with Crippen LogP contribution in [-0.2, 0) is 23.2 Å². The molecule has 14 heteroatoms. The highest BCUT2D eigenvalue weighted by molar-refractivity contribution is 7.89. The Balaban J connectivity index is 1.59.